The largest absolute Gasteiger partial charge is 0.352 e. The second-order valence-corrected chi connectivity index (χ2v) is 10.1. The van der Waals surface area contributed by atoms with E-state index in [0.29, 0.717) is 22.6 Å². The fraction of sp³-hybridized carbons (Fsp3) is 0.619. The highest BCUT2D eigenvalue weighted by atomic mass is 32.2. The zero-order chi connectivity index (χ0) is 20.4. The van der Waals surface area contributed by atoms with Gasteiger partial charge in [-0.1, -0.05) is 25.8 Å². The van der Waals surface area contributed by atoms with Crippen molar-refractivity contribution in [2.24, 2.45) is 5.92 Å². The molecule has 6 heteroatoms. The molecule has 2 rings (SSSR count). The molecule has 27 heavy (non-hydrogen) atoms. The van der Waals surface area contributed by atoms with E-state index in [0.717, 1.165) is 36.8 Å². The summed E-state index contributed by atoms with van der Waals surface area (Å²) in [6, 6.07) is 1.91. The van der Waals surface area contributed by atoms with Gasteiger partial charge in [0, 0.05) is 11.6 Å². The predicted octanol–water partition coefficient (Wildman–Crippen LogP) is 3.42. The molecule has 0 aliphatic heterocycles. The van der Waals surface area contributed by atoms with Gasteiger partial charge in [0.05, 0.1) is 5.75 Å². The Kier molecular flexibility index (Phi) is 6.84. The Morgan fingerprint density at radius 2 is 1.74 bits per heavy atom. The van der Waals surface area contributed by atoms with Crippen LogP contribution in [0.2, 0.25) is 0 Å². The summed E-state index contributed by atoms with van der Waals surface area (Å²) < 4.78 is 25.3. The van der Waals surface area contributed by atoms with Crippen LogP contribution in [-0.4, -0.2) is 31.9 Å². The summed E-state index contributed by atoms with van der Waals surface area (Å²) in [5.74, 6) is -0.863. The third kappa shape index (κ3) is 5.41. The lowest BCUT2D eigenvalue weighted by molar-refractivity contribution is -0.119. The summed E-state index contributed by atoms with van der Waals surface area (Å²) in [5.41, 5.74) is 3.59. The molecule has 150 valence electrons. The average Bonchev–Trinajstić information content (AvgIpc) is 2.52. The fourth-order valence-electron chi connectivity index (χ4n) is 4.24. The molecule has 1 amide bonds. The van der Waals surface area contributed by atoms with Gasteiger partial charge in [-0.05, 0) is 68.7 Å². The van der Waals surface area contributed by atoms with Crippen LogP contribution in [0.4, 0.5) is 0 Å². The molecule has 0 bridgehead atoms. The fourth-order valence-corrected chi connectivity index (χ4v) is 5.71. The third-order valence-electron chi connectivity index (χ3n) is 5.66. The zero-order valence-corrected chi connectivity index (χ0v) is 17.8. The van der Waals surface area contributed by atoms with Gasteiger partial charge >= 0.3 is 0 Å². The van der Waals surface area contributed by atoms with Crippen molar-refractivity contribution in [3.8, 4) is 0 Å². The van der Waals surface area contributed by atoms with E-state index in [1.807, 2.05) is 19.9 Å². The quantitative estimate of drug-likeness (QED) is 0.751. The molecule has 1 N–H and O–H groups in total. The van der Waals surface area contributed by atoms with E-state index >= 15 is 0 Å². The number of Topliss-reactive ketones (excluding diaryl/α,β-unsaturated/α-hetero) is 1. The lowest BCUT2D eigenvalue weighted by Gasteiger charge is -2.29. The van der Waals surface area contributed by atoms with Gasteiger partial charge in [-0.25, -0.2) is 8.42 Å². The van der Waals surface area contributed by atoms with Gasteiger partial charge < -0.3 is 5.32 Å². The average molecular weight is 394 g/mol. The lowest BCUT2D eigenvalue weighted by Crippen LogP contribution is -2.43. The number of benzene rings is 1. The SMILES string of the molecule is CC(=O)c1c(C)cc(C)c(CS(=O)(=O)CC(=O)NC2CCCCC2C)c1C. The van der Waals surface area contributed by atoms with Crippen LogP contribution in [-0.2, 0) is 20.4 Å². The Bertz CT molecular complexity index is 842. The van der Waals surface area contributed by atoms with Crippen LogP contribution in [0.3, 0.4) is 0 Å². The Labute approximate surface area is 162 Å². The van der Waals surface area contributed by atoms with Gasteiger partial charge in [-0.2, -0.15) is 0 Å². The van der Waals surface area contributed by atoms with Crippen molar-refractivity contribution >= 4 is 21.5 Å². The topological polar surface area (TPSA) is 80.3 Å². The highest BCUT2D eigenvalue weighted by Gasteiger charge is 2.26. The molecular weight excluding hydrogens is 362 g/mol. The number of rotatable bonds is 6. The minimum absolute atomic E-state index is 0.0635. The number of carbonyl (C=O) groups is 2. The van der Waals surface area contributed by atoms with Crippen molar-refractivity contribution in [3.63, 3.8) is 0 Å². The maximum atomic E-state index is 12.7. The number of sulfone groups is 1. The number of hydrogen-bond donors (Lipinski definition) is 1. The maximum absolute atomic E-state index is 12.7. The van der Waals surface area contributed by atoms with Gasteiger partial charge in [0.15, 0.2) is 15.6 Å². The van der Waals surface area contributed by atoms with Crippen LogP contribution < -0.4 is 5.32 Å². The van der Waals surface area contributed by atoms with Crippen molar-refractivity contribution in [2.75, 3.05) is 5.75 Å². The minimum Gasteiger partial charge on any atom is -0.352 e. The predicted molar refractivity (Wildman–Crippen MR) is 108 cm³/mol. The summed E-state index contributed by atoms with van der Waals surface area (Å²) in [4.78, 5) is 24.2. The van der Waals surface area contributed by atoms with Crippen LogP contribution >= 0.6 is 0 Å². The van der Waals surface area contributed by atoms with E-state index in [2.05, 4.69) is 12.2 Å². The Morgan fingerprint density at radius 3 is 2.33 bits per heavy atom. The third-order valence-corrected chi connectivity index (χ3v) is 7.09. The molecule has 0 aromatic heterocycles. The molecule has 0 heterocycles. The number of nitrogens with one attached hydrogen (secondary N) is 1. The molecule has 1 saturated carbocycles. The highest BCUT2D eigenvalue weighted by molar-refractivity contribution is 7.91. The van der Waals surface area contributed by atoms with Crippen LogP contribution in [0.15, 0.2) is 6.07 Å². The molecule has 0 saturated heterocycles. The molecule has 2 atom stereocenters. The zero-order valence-electron chi connectivity index (χ0n) is 17.0. The summed E-state index contributed by atoms with van der Waals surface area (Å²) in [6.07, 6.45) is 4.20. The molecule has 2 unspecified atom stereocenters. The molecule has 0 spiro atoms. The first kappa shape index (κ1) is 21.6. The van der Waals surface area contributed by atoms with Crippen LogP contribution in [0.5, 0.6) is 0 Å². The van der Waals surface area contributed by atoms with E-state index in [9.17, 15) is 18.0 Å². The first-order valence-electron chi connectivity index (χ1n) is 9.62. The van der Waals surface area contributed by atoms with Crippen molar-refractivity contribution in [1.82, 2.24) is 5.32 Å². The van der Waals surface area contributed by atoms with E-state index in [-0.39, 0.29) is 17.6 Å². The minimum atomic E-state index is -3.63. The van der Waals surface area contributed by atoms with Crippen molar-refractivity contribution < 1.29 is 18.0 Å². The number of ketones is 1. The molecule has 1 aliphatic carbocycles. The van der Waals surface area contributed by atoms with Gasteiger partial charge in [0.25, 0.3) is 0 Å². The first-order valence-corrected chi connectivity index (χ1v) is 11.4. The summed E-state index contributed by atoms with van der Waals surface area (Å²) >= 11 is 0. The summed E-state index contributed by atoms with van der Waals surface area (Å²) in [6.45, 7) is 9.07. The normalized spacial score (nSPS) is 20.3. The molecule has 1 aromatic rings. The summed E-state index contributed by atoms with van der Waals surface area (Å²) in [7, 11) is -3.63. The van der Waals surface area contributed by atoms with Gasteiger partial charge in [0.2, 0.25) is 5.91 Å². The first-order chi connectivity index (χ1) is 12.5. The number of carbonyl (C=O) groups excluding carboxylic acids is 2. The van der Waals surface area contributed by atoms with Crippen LogP contribution in [0.1, 0.15) is 72.1 Å². The Balaban J connectivity index is 2.15. The van der Waals surface area contributed by atoms with Crippen molar-refractivity contribution in [1.29, 1.82) is 0 Å². The van der Waals surface area contributed by atoms with E-state index < -0.39 is 21.5 Å². The second-order valence-electron chi connectivity index (χ2n) is 8.01. The molecular formula is C21H31NO4S. The molecule has 5 nitrogen and oxygen atoms in total. The Hall–Kier alpha value is -1.69. The van der Waals surface area contributed by atoms with Crippen LogP contribution in [0, 0.1) is 26.7 Å². The van der Waals surface area contributed by atoms with E-state index in [4.69, 9.17) is 0 Å². The van der Waals surface area contributed by atoms with Crippen LogP contribution in [0.25, 0.3) is 0 Å². The maximum Gasteiger partial charge on any atom is 0.235 e. The monoisotopic (exact) mass is 393 g/mol. The number of hydrogen-bond acceptors (Lipinski definition) is 4. The van der Waals surface area contributed by atoms with Gasteiger partial charge in [0.1, 0.15) is 5.75 Å². The highest BCUT2D eigenvalue weighted by Crippen LogP contribution is 2.26. The van der Waals surface area contributed by atoms with E-state index in [1.54, 1.807) is 6.92 Å². The number of aryl methyl sites for hydroxylation is 2. The molecule has 1 aromatic carbocycles. The number of amides is 1. The smallest absolute Gasteiger partial charge is 0.235 e. The lowest BCUT2D eigenvalue weighted by atomic mass is 9.86. The van der Waals surface area contributed by atoms with Crippen molar-refractivity contribution in [2.45, 2.75) is 72.1 Å². The van der Waals surface area contributed by atoms with Gasteiger partial charge in [-0.15, -0.1) is 0 Å². The molecule has 0 radical (unpaired) electrons. The van der Waals surface area contributed by atoms with Crippen molar-refractivity contribution in [3.05, 3.63) is 33.9 Å². The van der Waals surface area contributed by atoms with Gasteiger partial charge in [-0.3, -0.25) is 9.59 Å². The standard InChI is InChI=1S/C21H31NO4S/c1-13-8-6-7-9-19(13)22-20(24)12-27(25,26)11-18-14(2)10-15(3)21(16(18)4)17(5)23/h10,13,19H,6-9,11-12H2,1-5H3,(H,22,24). The van der Waals surface area contributed by atoms with E-state index in [1.165, 1.54) is 6.92 Å². The molecule has 1 aliphatic rings. The Morgan fingerprint density at radius 1 is 1.11 bits per heavy atom. The summed E-state index contributed by atoms with van der Waals surface area (Å²) in [5, 5.41) is 2.91. The second kappa shape index (κ2) is 8.55. The molecule has 1 fully saturated rings.